The zero-order chi connectivity index (χ0) is 12.2. The lowest BCUT2D eigenvalue weighted by molar-refractivity contribution is 1.35. The largest absolute Gasteiger partial charge is 0.354 e. The van der Waals surface area contributed by atoms with Gasteiger partial charge in [-0.1, -0.05) is 18.2 Å². The minimum atomic E-state index is 1.26. The van der Waals surface area contributed by atoms with Crippen molar-refractivity contribution in [2.24, 2.45) is 0 Å². The number of aromatic amines is 1. The van der Waals surface area contributed by atoms with E-state index in [4.69, 9.17) is 0 Å². The summed E-state index contributed by atoms with van der Waals surface area (Å²) >= 11 is 0. The van der Waals surface area contributed by atoms with E-state index in [0.29, 0.717) is 0 Å². The third kappa shape index (κ3) is 1.39. The van der Waals surface area contributed by atoms with Crippen LogP contribution in [0.2, 0.25) is 0 Å². The van der Waals surface area contributed by atoms with Gasteiger partial charge >= 0.3 is 0 Å². The average molecular weight is 223 g/mol. The van der Waals surface area contributed by atoms with E-state index >= 15 is 0 Å². The number of hydrogen-bond acceptors (Lipinski definition) is 0. The highest BCUT2D eigenvalue weighted by molar-refractivity contribution is 6.10. The Morgan fingerprint density at radius 1 is 0.882 bits per heavy atom. The van der Waals surface area contributed by atoms with Crippen LogP contribution in [-0.2, 0) is 0 Å². The fraction of sp³-hybridized carbons (Fsp3) is 0.250. The quantitative estimate of drug-likeness (QED) is 0.575. The molecule has 0 aliphatic heterocycles. The molecule has 0 fully saturated rings. The summed E-state index contributed by atoms with van der Waals surface area (Å²) in [6, 6.07) is 8.94. The third-order valence-corrected chi connectivity index (χ3v) is 3.74. The van der Waals surface area contributed by atoms with E-state index in [1.165, 1.54) is 44.1 Å². The van der Waals surface area contributed by atoms with Gasteiger partial charge in [-0.3, -0.25) is 0 Å². The van der Waals surface area contributed by atoms with E-state index in [0.717, 1.165) is 0 Å². The number of aryl methyl sites for hydroxylation is 4. The van der Waals surface area contributed by atoms with Gasteiger partial charge in [0.2, 0.25) is 0 Å². The van der Waals surface area contributed by atoms with Gasteiger partial charge in [0.05, 0.1) is 0 Å². The molecule has 0 bridgehead atoms. The van der Waals surface area contributed by atoms with Crippen molar-refractivity contribution >= 4 is 21.8 Å². The first-order chi connectivity index (χ1) is 8.08. The lowest BCUT2D eigenvalue weighted by Gasteiger charge is -2.01. The number of benzene rings is 2. The molecular formula is C16H17N. The van der Waals surface area contributed by atoms with Crippen LogP contribution in [0.5, 0.6) is 0 Å². The molecule has 1 aromatic heterocycles. The van der Waals surface area contributed by atoms with Crippen molar-refractivity contribution in [3.63, 3.8) is 0 Å². The second-order valence-electron chi connectivity index (χ2n) is 5.06. The van der Waals surface area contributed by atoms with Crippen LogP contribution in [0.4, 0.5) is 0 Å². The molecule has 0 amide bonds. The molecule has 86 valence electrons. The first-order valence-electron chi connectivity index (χ1n) is 6.07. The van der Waals surface area contributed by atoms with Crippen LogP contribution in [0, 0.1) is 27.7 Å². The Kier molecular flexibility index (Phi) is 2.06. The number of H-pyrrole nitrogens is 1. The molecule has 1 N–H and O–H groups in total. The molecule has 0 spiro atoms. The minimum absolute atomic E-state index is 1.26. The molecule has 1 heteroatoms. The topological polar surface area (TPSA) is 15.8 Å². The number of aromatic nitrogens is 1. The summed E-state index contributed by atoms with van der Waals surface area (Å²) in [6.07, 6.45) is 0. The van der Waals surface area contributed by atoms with Crippen molar-refractivity contribution in [1.82, 2.24) is 4.98 Å². The monoisotopic (exact) mass is 223 g/mol. The highest BCUT2D eigenvalue weighted by Gasteiger charge is 2.09. The lowest BCUT2D eigenvalue weighted by Crippen LogP contribution is -1.81. The summed E-state index contributed by atoms with van der Waals surface area (Å²) in [4.78, 5) is 3.57. The fourth-order valence-corrected chi connectivity index (χ4v) is 2.74. The molecule has 1 heterocycles. The second kappa shape index (κ2) is 3.36. The van der Waals surface area contributed by atoms with Gasteiger partial charge in [0.25, 0.3) is 0 Å². The zero-order valence-corrected chi connectivity index (χ0v) is 10.8. The Balaban J connectivity index is 2.59. The van der Waals surface area contributed by atoms with Gasteiger partial charge in [-0.25, -0.2) is 0 Å². The molecule has 3 aromatic rings. The summed E-state index contributed by atoms with van der Waals surface area (Å²) in [5.74, 6) is 0. The minimum Gasteiger partial charge on any atom is -0.354 e. The molecule has 0 radical (unpaired) electrons. The molecule has 0 unspecified atom stereocenters. The summed E-state index contributed by atoms with van der Waals surface area (Å²) in [5.41, 5.74) is 7.92. The van der Waals surface area contributed by atoms with Crippen molar-refractivity contribution in [1.29, 1.82) is 0 Å². The predicted molar refractivity (Wildman–Crippen MR) is 74.8 cm³/mol. The lowest BCUT2D eigenvalue weighted by atomic mass is 10.0. The van der Waals surface area contributed by atoms with Gasteiger partial charge in [-0.2, -0.15) is 0 Å². The van der Waals surface area contributed by atoms with E-state index < -0.39 is 0 Å². The van der Waals surface area contributed by atoms with Gasteiger partial charge in [0.15, 0.2) is 0 Å². The molecular weight excluding hydrogens is 206 g/mol. The van der Waals surface area contributed by atoms with E-state index in [9.17, 15) is 0 Å². The van der Waals surface area contributed by atoms with Crippen LogP contribution in [0.1, 0.15) is 22.3 Å². The molecule has 0 saturated heterocycles. The van der Waals surface area contributed by atoms with Crippen LogP contribution in [0.3, 0.4) is 0 Å². The molecule has 0 aliphatic carbocycles. The number of fused-ring (bicyclic) bond motifs is 3. The average Bonchev–Trinajstić information content (AvgIpc) is 2.62. The second-order valence-corrected chi connectivity index (χ2v) is 5.06. The maximum Gasteiger partial charge on any atom is 0.0497 e. The predicted octanol–water partition coefficient (Wildman–Crippen LogP) is 4.55. The Hall–Kier alpha value is -1.76. The van der Waals surface area contributed by atoms with Gasteiger partial charge in [0, 0.05) is 21.8 Å². The zero-order valence-electron chi connectivity index (χ0n) is 10.8. The molecule has 0 saturated carbocycles. The summed E-state index contributed by atoms with van der Waals surface area (Å²) in [5, 5.41) is 2.72. The van der Waals surface area contributed by atoms with E-state index in [-0.39, 0.29) is 0 Å². The smallest absolute Gasteiger partial charge is 0.0497 e. The Morgan fingerprint density at radius 3 is 2.41 bits per heavy atom. The maximum atomic E-state index is 3.57. The normalized spacial score (nSPS) is 11.5. The Morgan fingerprint density at radius 2 is 1.65 bits per heavy atom. The summed E-state index contributed by atoms with van der Waals surface area (Å²) < 4.78 is 0. The van der Waals surface area contributed by atoms with Crippen molar-refractivity contribution in [3.05, 3.63) is 46.5 Å². The van der Waals surface area contributed by atoms with Gasteiger partial charge in [-0.05, 0) is 56.0 Å². The Labute approximate surface area is 101 Å². The summed E-state index contributed by atoms with van der Waals surface area (Å²) in [7, 11) is 0. The van der Waals surface area contributed by atoms with Crippen LogP contribution in [0.25, 0.3) is 21.8 Å². The van der Waals surface area contributed by atoms with Crippen LogP contribution in [0.15, 0.2) is 24.3 Å². The van der Waals surface area contributed by atoms with Crippen molar-refractivity contribution < 1.29 is 0 Å². The summed E-state index contributed by atoms with van der Waals surface area (Å²) in [6.45, 7) is 8.70. The standard InChI is InChI=1S/C16H17N/c1-9-7-11(3)15-13-6-5-10(2)12(4)16(13)17-14(15)8-9/h5-8,17H,1-4H3. The van der Waals surface area contributed by atoms with E-state index in [1.54, 1.807) is 0 Å². The molecule has 2 aromatic carbocycles. The highest BCUT2D eigenvalue weighted by Crippen LogP contribution is 2.31. The van der Waals surface area contributed by atoms with Crippen molar-refractivity contribution in [3.8, 4) is 0 Å². The first-order valence-corrected chi connectivity index (χ1v) is 6.07. The third-order valence-electron chi connectivity index (χ3n) is 3.74. The number of rotatable bonds is 0. The van der Waals surface area contributed by atoms with E-state index in [1.807, 2.05) is 0 Å². The highest BCUT2D eigenvalue weighted by atomic mass is 14.7. The van der Waals surface area contributed by atoms with Gasteiger partial charge in [-0.15, -0.1) is 0 Å². The molecule has 17 heavy (non-hydrogen) atoms. The van der Waals surface area contributed by atoms with E-state index in [2.05, 4.69) is 56.9 Å². The first kappa shape index (κ1) is 10.4. The number of hydrogen-bond donors (Lipinski definition) is 1. The maximum absolute atomic E-state index is 3.57. The SMILES string of the molecule is Cc1cc(C)c2c(c1)[nH]c1c(C)c(C)ccc12. The van der Waals surface area contributed by atoms with Crippen LogP contribution >= 0.6 is 0 Å². The number of nitrogens with one attached hydrogen (secondary N) is 1. The van der Waals surface area contributed by atoms with Crippen molar-refractivity contribution in [2.75, 3.05) is 0 Å². The molecule has 3 rings (SSSR count). The van der Waals surface area contributed by atoms with Gasteiger partial charge in [0.1, 0.15) is 0 Å². The molecule has 0 atom stereocenters. The Bertz CT molecular complexity index is 732. The van der Waals surface area contributed by atoms with Crippen LogP contribution < -0.4 is 0 Å². The van der Waals surface area contributed by atoms with Gasteiger partial charge < -0.3 is 4.98 Å². The molecule has 1 nitrogen and oxygen atoms in total. The van der Waals surface area contributed by atoms with Crippen molar-refractivity contribution in [2.45, 2.75) is 27.7 Å². The fourth-order valence-electron chi connectivity index (χ4n) is 2.74. The molecule has 0 aliphatic rings. The van der Waals surface area contributed by atoms with Crippen LogP contribution in [-0.4, -0.2) is 4.98 Å².